The molecule has 0 aromatic heterocycles. The van der Waals surface area contributed by atoms with Crippen LogP contribution in [0.5, 0.6) is 0 Å². The molecule has 1 fully saturated rings. The second kappa shape index (κ2) is 5.40. The van der Waals surface area contributed by atoms with Crippen molar-refractivity contribution >= 4 is 18.2 Å². The van der Waals surface area contributed by atoms with E-state index in [0.29, 0.717) is 6.42 Å². The highest BCUT2D eigenvalue weighted by atomic mass is 16.6. The maximum atomic E-state index is 11.9. The molecular weight excluding hydrogens is 268 g/mol. The number of ether oxygens (including phenoxy) is 3. The molecule has 1 saturated heterocycles. The molecule has 2 rings (SSSR count). The van der Waals surface area contributed by atoms with Crippen molar-refractivity contribution < 1.29 is 28.6 Å². The van der Waals surface area contributed by atoms with Gasteiger partial charge >= 0.3 is 18.2 Å². The molecule has 0 N–H and O–H groups in total. The van der Waals surface area contributed by atoms with Gasteiger partial charge in [-0.05, 0) is 6.42 Å². The van der Waals surface area contributed by atoms with Gasteiger partial charge in [0.2, 0.25) is 6.23 Å². The smallest absolute Gasteiger partial charge is 0.416 e. The number of rotatable bonds is 1. The fraction of sp³-hybridized carbons (Fsp3) is 0.583. The van der Waals surface area contributed by atoms with Gasteiger partial charge in [0, 0.05) is 12.4 Å². The molecule has 0 aromatic carbocycles. The molecule has 0 spiro atoms. The van der Waals surface area contributed by atoms with E-state index < -0.39 is 36.3 Å². The van der Waals surface area contributed by atoms with Gasteiger partial charge in [0.25, 0.3) is 0 Å². The van der Waals surface area contributed by atoms with E-state index in [1.807, 2.05) is 6.92 Å². The van der Waals surface area contributed by atoms with Crippen LogP contribution in [-0.4, -0.2) is 54.4 Å². The van der Waals surface area contributed by atoms with Crippen LogP contribution in [0, 0.1) is 5.92 Å². The average molecular weight is 284 g/mol. The summed E-state index contributed by atoms with van der Waals surface area (Å²) in [7, 11) is 2.47. The van der Waals surface area contributed by atoms with Gasteiger partial charge in [-0.25, -0.2) is 14.5 Å². The van der Waals surface area contributed by atoms with Gasteiger partial charge in [-0.15, -0.1) is 0 Å². The maximum absolute atomic E-state index is 11.9. The van der Waals surface area contributed by atoms with Crippen LogP contribution in [-0.2, 0) is 19.0 Å². The van der Waals surface area contributed by atoms with Crippen LogP contribution in [0.25, 0.3) is 0 Å². The van der Waals surface area contributed by atoms with Crippen LogP contribution in [0.1, 0.15) is 13.3 Å². The molecule has 0 unspecified atom stereocenters. The summed E-state index contributed by atoms with van der Waals surface area (Å²) in [6, 6.07) is -0.621. The van der Waals surface area contributed by atoms with Crippen molar-refractivity contribution in [3.05, 3.63) is 12.4 Å². The molecule has 2 amide bonds. The molecule has 0 saturated carbocycles. The Morgan fingerprint density at radius 2 is 1.75 bits per heavy atom. The number of nitrogens with zero attached hydrogens (tertiary/aromatic N) is 2. The molecule has 2 aliphatic heterocycles. The summed E-state index contributed by atoms with van der Waals surface area (Å²) in [5.41, 5.74) is 0. The number of hydrogen-bond acceptors (Lipinski definition) is 6. The van der Waals surface area contributed by atoms with E-state index in [0.717, 1.165) is 4.90 Å². The zero-order valence-corrected chi connectivity index (χ0v) is 11.4. The van der Waals surface area contributed by atoms with Gasteiger partial charge in [-0.3, -0.25) is 9.69 Å². The summed E-state index contributed by atoms with van der Waals surface area (Å²) in [4.78, 5) is 37.8. The van der Waals surface area contributed by atoms with Gasteiger partial charge in [-0.2, -0.15) is 0 Å². The van der Waals surface area contributed by atoms with Gasteiger partial charge in [0.1, 0.15) is 6.04 Å². The lowest BCUT2D eigenvalue weighted by Gasteiger charge is -2.37. The van der Waals surface area contributed by atoms with Crippen LogP contribution in [0.4, 0.5) is 9.59 Å². The van der Waals surface area contributed by atoms with Crippen molar-refractivity contribution in [2.75, 3.05) is 14.2 Å². The van der Waals surface area contributed by atoms with Crippen molar-refractivity contribution in [3.63, 3.8) is 0 Å². The summed E-state index contributed by atoms with van der Waals surface area (Å²) >= 11 is 0. The first-order chi connectivity index (χ1) is 9.54. The lowest BCUT2D eigenvalue weighted by Crippen LogP contribution is -2.55. The number of hydrogen-bond donors (Lipinski definition) is 0. The second-order valence-electron chi connectivity index (χ2n) is 4.39. The third kappa shape index (κ3) is 2.06. The van der Waals surface area contributed by atoms with Crippen LogP contribution < -0.4 is 0 Å². The van der Waals surface area contributed by atoms with Crippen molar-refractivity contribution in [2.24, 2.45) is 5.92 Å². The largest absolute Gasteiger partial charge is 0.452 e. The minimum Gasteiger partial charge on any atom is -0.452 e. The van der Waals surface area contributed by atoms with E-state index in [1.54, 1.807) is 0 Å². The molecule has 0 bridgehead atoms. The predicted molar refractivity (Wildman–Crippen MR) is 65.1 cm³/mol. The standard InChI is InChI=1S/C12H16N2O6/c1-4-7-8-9(20-10(7)15)14(12(17)19-3)6-5-13(8)11(16)18-2/h5-9H,4H2,1-3H3/t7-,8+,9-/m1/s1. The Kier molecular flexibility index (Phi) is 3.82. The topological polar surface area (TPSA) is 85.4 Å². The molecule has 2 heterocycles. The first-order valence-electron chi connectivity index (χ1n) is 6.16. The third-order valence-electron chi connectivity index (χ3n) is 3.44. The van der Waals surface area contributed by atoms with E-state index in [-0.39, 0.29) is 0 Å². The van der Waals surface area contributed by atoms with Gasteiger partial charge < -0.3 is 14.2 Å². The molecule has 2 aliphatic rings. The first-order valence-corrected chi connectivity index (χ1v) is 6.16. The molecule has 110 valence electrons. The van der Waals surface area contributed by atoms with E-state index >= 15 is 0 Å². The molecule has 0 aliphatic carbocycles. The third-order valence-corrected chi connectivity index (χ3v) is 3.44. The zero-order chi connectivity index (χ0) is 14.9. The highest BCUT2D eigenvalue weighted by Gasteiger charge is 2.53. The van der Waals surface area contributed by atoms with Crippen molar-refractivity contribution in [3.8, 4) is 0 Å². The summed E-state index contributed by atoms with van der Waals surface area (Å²) in [5.74, 6) is -0.967. The minimum absolute atomic E-state index is 0.450. The Balaban J connectivity index is 2.38. The Hall–Kier alpha value is -2.25. The molecular formula is C12H16N2O6. The molecule has 8 nitrogen and oxygen atoms in total. The van der Waals surface area contributed by atoms with E-state index in [4.69, 9.17) is 4.74 Å². The number of carbonyl (C=O) groups excluding carboxylic acids is 3. The minimum atomic E-state index is -0.899. The number of esters is 1. The lowest BCUT2D eigenvalue weighted by atomic mass is 9.96. The monoisotopic (exact) mass is 284 g/mol. The number of amides is 2. The van der Waals surface area contributed by atoms with Gasteiger partial charge in [-0.1, -0.05) is 6.92 Å². The number of fused-ring (bicyclic) bond motifs is 1. The second-order valence-corrected chi connectivity index (χ2v) is 4.39. The normalized spacial score (nSPS) is 27.9. The Morgan fingerprint density at radius 3 is 2.30 bits per heavy atom. The molecule has 8 heteroatoms. The fourth-order valence-corrected chi connectivity index (χ4v) is 2.46. The Morgan fingerprint density at radius 1 is 1.20 bits per heavy atom. The summed E-state index contributed by atoms with van der Waals surface area (Å²) < 4.78 is 14.5. The van der Waals surface area contributed by atoms with Crippen LogP contribution in [0.15, 0.2) is 12.4 Å². The molecule has 3 atom stereocenters. The summed E-state index contributed by atoms with van der Waals surface area (Å²) in [6.07, 6.45) is 1.02. The SMILES string of the molecule is CC[C@H]1C(=O)O[C@@H]2[C@H]1N(C(=O)OC)C=CN2C(=O)OC. The lowest BCUT2D eigenvalue weighted by molar-refractivity contribution is -0.148. The summed E-state index contributed by atoms with van der Waals surface area (Å²) in [5, 5.41) is 0. The van der Waals surface area contributed by atoms with E-state index in [9.17, 15) is 14.4 Å². The van der Waals surface area contributed by atoms with Crippen molar-refractivity contribution in [2.45, 2.75) is 25.6 Å². The predicted octanol–water partition coefficient (Wildman–Crippen LogP) is 0.886. The van der Waals surface area contributed by atoms with Crippen LogP contribution in [0.2, 0.25) is 0 Å². The zero-order valence-electron chi connectivity index (χ0n) is 11.4. The number of methoxy groups -OCH3 is 2. The van der Waals surface area contributed by atoms with Crippen molar-refractivity contribution in [1.29, 1.82) is 0 Å². The van der Waals surface area contributed by atoms with Crippen molar-refractivity contribution in [1.82, 2.24) is 9.80 Å². The average Bonchev–Trinajstić information content (AvgIpc) is 2.80. The Labute approximate surface area is 115 Å². The fourth-order valence-electron chi connectivity index (χ4n) is 2.46. The van der Waals surface area contributed by atoms with Crippen LogP contribution >= 0.6 is 0 Å². The quantitative estimate of drug-likeness (QED) is 0.525. The summed E-state index contributed by atoms with van der Waals surface area (Å²) in [6.45, 7) is 1.81. The molecule has 0 aromatic rings. The highest BCUT2D eigenvalue weighted by molar-refractivity contribution is 5.80. The van der Waals surface area contributed by atoms with E-state index in [2.05, 4.69) is 9.47 Å². The maximum Gasteiger partial charge on any atom is 0.416 e. The van der Waals surface area contributed by atoms with Crippen LogP contribution in [0.3, 0.4) is 0 Å². The Bertz CT molecular complexity index is 463. The van der Waals surface area contributed by atoms with Gasteiger partial charge in [0.05, 0.1) is 20.1 Å². The first kappa shape index (κ1) is 14.2. The highest BCUT2D eigenvalue weighted by Crippen LogP contribution is 2.34. The molecule has 0 radical (unpaired) electrons. The molecule has 20 heavy (non-hydrogen) atoms. The van der Waals surface area contributed by atoms with E-state index in [1.165, 1.54) is 31.5 Å². The van der Waals surface area contributed by atoms with Gasteiger partial charge in [0.15, 0.2) is 0 Å². The number of carbonyl (C=O) groups is 3.